The third kappa shape index (κ3) is 3.14. The van der Waals surface area contributed by atoms with E-state index in [4.69, 9.17) is 0 Å². The van der Waals surface area contributed by atoms with E-state index >= 15 is 0 Å². The molecule has 0 aromatic rings. The second-order valence-corrected chi connectivity index (χ2v) is 6.07. The number of hydrogen-bond acceptors (Lipinski definition) is 3. The van der Waals surface area contributed by atoms with Crippen LogP contribution in [0.2, 0.25) is 0 Å². The summed E-state index contributed by atoms with van der Waals surface area (Å²) in [5.74, 6) is -0.774. The van der Waals surface area contributed by atoms with Gasteiger partial charge in [0.2, 0.25) is 5.91 Å². The Morgan fingerprint density at radius 2 is 1.85 bits per heavy atom. The minimum atomic E-state index is -0.846. The van der Waals surface area contributed by atoms with Gasteiger partial charge in [0.15, 0.2) is 0 Å². The highest BCUT2D eigenvalue weighted by Crippen LogP contribution is 2.32. The van der Waals surface area contributed by atoms with Gasteiger partial charge in [-0.05, 0) is 39.0 Å². The molecule has 0 saturated heterocycles. The summed E-state index contributed by atoms with van der Waals surface area (Å²) < 4.78 is 0. The van der Waals surface area contributed by atoms with Gasteiger partial charge in [-0.2, -0.15) is 0 Å². The zero-order valence-electron chi connectivity index (χ0n) is 12.4. The Labute approximate surface area is 120 Å². The summed E-state index contributed by atoms with van der Waals surface area (Å²) in [7, 11) is 0. The molecule has 2 aliphatic rings. The Bertz CT molecular complexity index is 360. The van der Waals surface area contributed by atoms with Crippen molar-refractivity contribution in [2.75, 3.05) is 13.1 Å². The van der Waals surface area contributed by atoms with Gasteiger partial charge in [-0.1, -0.05) is 19.3 Å². The molecule has 0 aliphatic heterocycles. The molecule has 0 unspecified atom stereocenters. The number of nitrogens with zero attached hydrogens (tertiary/aromatic N) is 1. The van der Waals surface area contributed by atoms with Crippen molar-refractivity contribution >= 4 is 11.9 Å². The van der Waals surface area contributed by atoms with Crippen LogP contribution in [0.3, 0.4) is 0 Å². The van der Waals surface area contributed by atoms with Crippen LogP contribution < -0.4 is 5.32 Å². The highest BCUT2D eigenvalue weighted by Gasteiger charge is 2.44. The molecule has 2 aliphatic carbocycles. The molecule has 0 aromatic carbocycles. The molecule has 1 amide bonds. The second kappa shape index (κ2) is 6.57. The number of aliphatic carboxylic acids is 1. The molecule has 2 rings (SSSR count). The number of carboxylic acids is 1. The van der Waals surface area contributed by atoms with E-state index in [1.165, 1.54) is 19.3 Å². The fourth-order valence-corrected chi connectivity index (χ4v) is 3.37. The van der Waals surface area contributed by atoms with E-state index in [1.54, 1.807) is 0 Å². The maximum absolute atomic E-state index is 12.4. The van der Waals surface area contributed by atoms with Crippen LogP contribution in [-0.4, -0.2) is 46.6 Å². The van der Waals surface area contributed by atoms with E-state index in [2.05, 4.69) is 5.32 Å². The van der Waals surface area contributed by atoms with Crippen molar-refractivity contribution < 1.29 is 14.7 Å². The van der Waals surface area contributed by atoms with Crippen LogP contribution in [0, 0.1) is 0 Å². The molecule has 0 radical (unpaired) electrons. The normalized spacial score (nSPS) is 22.1. The number of nitrogens with one attached hydrogen (secondary N) is 1. The molecule has 5 heteroatoms. The lowest BCUT2D eigenvalue weighted by atomic mass is 9.77. The molecule has 2 saturated carbocycles. The van der Waals surface area contributed by atoms with Crippen LogP contribution in [-0.2, 0) is 9.59 Å². The van der Waals surface area contributed by atoms with Gasteiger partial charge < -0.3 is 10.0 Å². The lowest BCUT2D eigenvalue weighted by Crippen LogP contribution is -2.59. The van der Waals surface area contributed by atoms with Crippen molar-refractivity contribution in [3.05, 3.63) is 0 Å². The van der Waals surface area contributed by atoms with Crippen LogP contribution in [0.1, 0.15) is 58.3 Å². The number of carbonyl (C=O) groups is 2. The Kier molecular flexibility index (Phi) is 5.02. The first-order valence-corrected chi connectivity index (χ1v) is 7.87. The summed E-state index contributed by atoms with van der Waals surface area (Å²) in [4.78, 5) is 25.6. The zero-order valence-corrected chi connectivity index (χ0v) is 12.4. The summed E-state index contributed by atoms with van der Waals surface area (Å²) in [5.41, 5.74) is -0.846. The zero-order chi connectivity index (χ0) is 14.6. The monoisotopic (exact) mass is 282 g/mol. The van der Waals surface area contributed by atoms with Crippen molar-refractivity contribution in [3.63, 3.8) is 0 Å². The molecule has 0 heterocycles. The van der Waals surface area contributed by atoms with Gasteiger partial charge in [-0.3, -0.25) is 14.9 Å². The molecule has 0 spiro atoms. The first-order valence-electron chi connectivity index (χ1n) is 7.87. The van der Waals surface area contributed by atoms with E-state index in [9.17, 15) is 14.7 Å². The third-order valence-electron chi connectivity index (χ3n) is 4.87. The fourth-order valence-electron chi connectivity index (χ4n) is 3.37. The molecule has 0 atom stereocenters. The molecule has 0 aromatic heterocycles. The maximum atomic E-state index is 12.4. The van der Waals surface area contributed by atoms with E-state index in [0.29, 0.717) is 25.4 Å². The van der Waals surface area contributed by atoms with E-state index in [0.717, 1.165) is 19.3 Å². The SMILES string of the molecule is CCN(C(=O)CNC1(C(=O)O)CCC1)C1CCCCC1. The van der Waals surface area contributed by atoms with Crippen molar-refractivity contribution in [1.82, 2.24) is 10.2 Å². The standard InChI is InChI=1S/C15H26N2O3/c1-2-17(12-7-4-3-5-8-12)13(18)11-16-15(14(19)20)9-6-10-15/h12,16H,2-11H2,1H3,(H,19,20). The predicted molar refractivity (Wildman–Crippen MR) is 76.5 cm³/mol. The minimum Gasteiger partial charge on any atom is -0.480 e. The first-order chi connectivity index (χ1) is 9.59. The van der Waals surface area contributed by atoms with Gasteiger partial charge in [0.05, 0.1) is 6.54 Å². The maximum Gasteiger partial charge on any atom is 0.323 e. The summed E-state index contributed by atoms with van der Waals surface area (Å²) >= 11 is 0. The van der Waals surface area contributed by atoms with Gasteiger partial charge in [0, 0.05) is 12.6 Å². The van der Waals surface area contributed by atoms with Gasteiger partial charge in [-0.15, -0.1) is 0 Å². The minimum absolute atomic E-state index is 0.0481. The molecule has 0 bridgehead atoms. The van der Waals surface area contributed by atoms with E-state index in [-0.39, 0.29) is 12.5 Å². The van der Waals surface area contributed by atoms with Crippen LogP contribution >= 0.6 is 0 Å². The quantitative estimate of drug-likeness (QED) is 0.779. The molecule has 2 fully saturated rings. The second-order valence-electron chi connectivity index (χ2n) is 6.07. The van der Waals surface area contributed by atoms with Crippen LogP contribution in [0.5, 0.6) is 0 Å². The summed E-state index contributed by atoms with van der Waals surface area (Å²) in [6, 6.07) is 0.352. The molecule has 114 valence electrons. The smallest absolute Gasteiger partial charge is 0.323 e. The van der Waals surface area contributed by atoms with Gasteiger partial charge in [0.25, 0.3) is 0 Å². The fraction of sp³-hybridized carbons (Fsp3) is 0.867. The molecule has 20 heavy (non-hydrogen) atoms. The summed E-state index contributed by atoms with van der Waals surface area (Å²) in [6.07, 6.45) is 8.02. The van der Waals surface area contributed by atoms with Crippen LogP contribution in [0.15, 0.2) is 0 Å². The molecular formula is C15H26N2O3. The number of amides is 1. The van der Waals surface area contributed by atoms with Crippen molar-refractivity contribution in [2.45, 2.75) is 69.9 Å². The lowest BCUT2D eigenvalue weighted by Gasteiger charge is -2.39. The van der Waals surface area contributed by atoms with Crippen molar-refractivity contribution in [2.24, 2.45) is 0 Å². The van der Waals surface area contributed by atoms with E-state index < -0.39 is 11.5 Å². The van der Waals surface area contributed by atoms with Crippen molar-refractivity contribution in [3.8, 4) is 0 Å². The Morgan fingerprint density at radius 1 is 1.20 bits per heavy atom. The average molecular weight is 282 g/mol. The van der Waals surface area contributed by atoms with Gasteiger partial charge in [-0.25, -0.2) is 0 Å². The largest absolute Gasteiger partial charge is 0.480 e. The number of rotatable bonds is 6. The number of carboxylic acid groups (broad SMARTS) is 1. The predicted octanol–water partition coefficient (Wildman–Crippen LogP) is 1.76. The molecule has 5 nitrogen and oxygen atoms in total. The average Bonchev–Trinajstić information content (AvgIpc) is 2.39. The third-order valence-corrected chi connectivity index (χ3v) is 4.87. The Balaban J connectivity index is 1.87. The van der Waals surface area contributed by atoms with Crippen LogP contribution in [0.25, 0.3) is 0 Å². The van der Waals surface area contributed by atoms with Gasteiger partial charge in [0.1, 0.15) is 5.54 Å². The summed E-state index contributed by atoms with van der Waals surface area (Å²) in [6.45, 7) is 2.87. The van der Waals surface area contributed by atoms with E-state index in [1.807, 2.05) is 11.8 Å². The van der Waals surface area contributed by atoms with Gasteiger partial charge >= 0.3 is 5.97 Å². The first kappa shape index (κ1) is 15.3. The highest BCUT2D eigenvalue weighted by molar-refractivity contribution is 5.83. The number of carbonyl (C=O) groups excluding carboxylic acids is 1. The summed E-state index contributed by atoms with van der Waals surface area (Å²) in [5, 5.41) is 12.2. The molecule has 2 N–H and O–H groups in total. The Morgan fingerprint density at radius 3 is 2.30 bits per heavy atom. The highest BCUT2D eigenvalue weighted by atomic mass is 16.4. The Hall–Kier alpha value is -1.10. The lowest BCUT2D eigenvalue weighted by molar-refractivity contribution is -0.149. The topological polar surface area (TPSA) is 69.6 Å². The van der Waals surface area contributed by atoms with Crippen molar-refractivity contribution in [1.29, 1.82) is 0 Å². The van der Waals surface area contributed by atoms with Crippen LogP contribution in [0.4, 0.5) is 0 Å². The number of hydrogen-bond donors (Lipinski definition) is 2. The number of likely N-dealkylation sites (N-methyl/N-ethyl adjacent to an activating group) is 1. The molecular weight excluding hydrogens is 256 g/mol.